The van der Waals surface area contributed by atoms with Gasteiger partial charge in [-0.05, 0) is 35.0 Å². The Morgan fingerprint density at radius 3 is 2.80 bits per heavy atom. The van der Waals surface area contributed by atoms with Crippen LogP contribution in [-0.2, 0) is 6.42 Å². The minimum atomic E-state index is -0.335. The zero-order valence-corrected chi connectivity index (χ0v) is 7.26. The molecular formula is C7H9BrO2. The molecule has 1 aromatic rings. The van der Waals surface area contributed by atoms with Gasteiger partial charge in [0.2, 0.25) is 0 Å². The number of furan rings is 1. The largest absolute Gasteiger partial charge is 0.454 e. The first kappa shape index (κ1) is 7.82. The van der Waals surface area contributed by atoms with Crippen molar-refractivity contribution in [1.82, 2.24) is 0 Å². The Kier molecular flexibility index (Phi) is 2.51. The molecule has 10 heavy (non-hydrogen) atoms. The van der Waals surface area contributed by atoms with E-state index in [1.54, 1.807) is 6.92 Å². The monoisotopic (exact) mass is 204 g/mol. The van der Waals surface area contributed by atoms with Crippen LogP contribution in [0, 0.1) is 0 Å². The van der Waals surface area contributed by atoms with Crippen molar-refractivity contribution in [3.63, 3.8) is 0 Å². The van der Waals surface area contributed by atoms with Crippen LogP contribution in [0.4, 0.5) is 0 Å². The average Bonchev–Trinajstić information content (AvgIpc) is 2.13. The maximum Gasteiger partial charge on any atom is 0.169 e. The normalized spacial score (nSPS) is 13.5. The summed E-state index contributed by atoms with van der Waals surface area (Å²) in [4.78, 5) is 0. The van der Waals surface area contributed by atoms with E-state index in [-0.39, 0.29) is 6.10 Å². The second-order valence-electron chi connectivity index (χ2n) is 2.26. The van der Waals surface area contributed by atoms with Gasteiger partial charge in [0.1, 0.15) is 5.76 Å². The lowest BCUT2D eigenvalue weighted by Gasteiger charge is -1.97. The lowest BCUT2D eigenvalue weighted by atomic mass is 10.2. The zero-order chi connectivity index (χ0) is 7.56. The lowest BCUT2D eigenvalue weighted by Crippen LogP contribution is -2.02. The molecule has 0 saturated carbocycles. The molecule has 0 aliphatic carbocycles. The summed E-state index contributed by atoms with van der Waals surface area (Å²) in [6.45, 7) is 1.73. The molecule has 1 rings (SSSR count). The average molecular weight is 205 g/mol. The predicted molar refractivity (Wildman–Crippen MR) is 41.8 cm³/mol. The summed E-state index contributed by atoms with van der Waals surface area (Å²) in [7, 11) is 0. The van der Waals surface area contributed by atoms with Crippen LogP contribution in [0.1, 0.15) is 12.7 Å². The van der Waals surface area contributed by atoms with E-state index >= 15 is 0 Å². The van der Waals surface area contributed by atoms with Crippen molar-refractivity contribution in [1.29, 1.82) is 0 Å². The van der Waals surface area contributed by atoms with Crippen molar-refractivity contribution in [3.05, 3.63) is 22.6 Å². The van der Waals surface area contributed by atoms with Gasteiger partial charge in [-0.2, -0.15) is 0 Å². The molecule has 0 radical (unpaired) electrons. The van der Waals surface area contributed by atoms with Gasteiger partial charge in [0.15, 0.2) is 4.67 Å². The molecule has 1 atom stereocenters. The molecule has 0 spiro atoms. The van der Waals surface area contributed by atoms with E-state index in [9.17, 15) is 0 Å². The Hall–Kier alpha value is -0.280. The summed E-state index contributed by atoms with van der Waals surface area (Å²) in [6.07, 6.45) is 0.240. The summed E-state index contributed by atoms with van der Waals surface area (Å²) in [5.74, 6) is 0.807. The summed E-state index contributed by atoms with van der Waals surface area (Å²) in [5.41, 5.74) is 0. The third-order valence-corrected chi connectivity index (χ3v) is 1.55. The summed E-state index contributed by atoms with van der Waals surface area (Å²) >= 11 is 3.17. The molecule has 0 bridgehead atoms. The topological polar surface area (TPSA) is 33.4 Å². The first-order chi connectivity index (χ1) is 4.68. The SMILES string of the molecule is CC(O)Cc1ccc(Br)o1. The third-order valence-electron chi connectivity index (χ3n) is 1.13. The van der Waals surface area contributed by atoms with E-state index in [2.05, 4.69) is 15.9 Å². The number of hydrogen-bond donors (Lipinski definition) is 1. The fraction of sp³-hybridized carbons (Fsp3) is 0.429. The minimum absolute atomic E-state index is 0.335. The Balaban J connectivity index is 2.58. The van der Waals surface area contributed by atoms with Gasteiger partial charge < -0.3 is 9.52 Å². The molecule has 3 heteroatoms. The highest BCUT2D eigenvalue weighted by Crippen LogP contribution is 2.14. The fourth-order valence-electron chi connectivity index (χ4n) is 0.753. The molecule has 1 N–H and O–H groups in total. The van der Waals surface area contributed by atoms with Gasteiger partial charge in [0.05, 0.1) is 6.10 Å². The zero-order valence-electron chi connectivity index (χ0n) is 5.67. The van der Waals surface area contributed by atoms with Crippen LogP contribution in [0.5, 0.6) is 0 Å². The Morgan fingerprint density at radius 1 is 1.70 bits per heavy atom. The van der Waals surface area contributed by atoms with Crippen LogP contribution in [0.3, 0.4) is 0 Å². The Labute approximate surface area is 68.0 Å². The maximum absolute atomic E-state index is 8.94. The van der Waals surface area contributed by atoms with Gasteiger partial charge in [0.25, 0.3) is 0 Å². The van der Waals surface area contributed by atoms with E-state index in [4.69, 9.17) is 9.52 Å². The molecule has 2 nitrogen and oxygen atoms in total. The van der Waals surface area contributed by atoms with E-state index in [1.807, 2.05) is 12.1 Å². The number of rotatable bonds is 2. The van der Waals surface area contributed by atoms with Gasteiger partial charge >= 0.3 is 0 Å². The molecule has 1 heterocycles. The molecule has 0 aliphatic heterocycles. The van der Waals surface area contributed by atoms with Crippen molar-refractivity contribution in [2.75, 3.05) is 0 Å². The lowest BCUT2D eigenvalue weighted by molar-refractivity contribution is 0.187. The first-order valence-corrected chi connectivity index (χ1v) is 3.90. The first-order valence-electron chi connectivity index (χ1n) is 3.11. The Morgan fingerprint density at radius 2 is 2.40 bits per heavy atom. The highest BCUT2D eigenvalue weighted by atomic mass is 79.9. The third kappa shape index (κ3) is 2.15. The van der Waals surface area contributed by atoms with Crippen LogP contribution in [0.2, 0.25) is 0 Å². The van der Waals surface area contributed by atoms with Gasteiger partial charge in [-0.3, -0.25) is 0 Å². The Bertz CT molecular complexity index is 205. The molecule has 0 aromatic carbocycles. The molecular weight excluding hydrogens is 196 g/mol. The molecule has 0 aliphatic rings. The fourth-order valence-corrected chi connectivity index (χ4v) is 1.09. The van der Waals surface area contributed by atoms with E-state index in [0.717, 1.165) is 5.76 Å². The second kappa shape index (κ2) is 3.21. The molecule has 56 valence electrons. The summed E-state index contributed by atoms with van der Waals surface area (Å²) in [6, 6.07) is 3.66. The highest BCUT2D eigenvalue weighted by molar-refractivity contribution is 9.10. The van der Waals surface area contributed by atoms with E-state index in [0.29, 0.717) is 11.1 Å². The van der Waals surface area contributed by atoms with Crippen molar-refractivity contribution < 1.29 is 9.52 Å². The van der Waals surface area contributed by atoms with Crippen molar-refractivity contribution in [2.45, 2.75) is 19.4 Å². The van der Waals surface area contributed by atoms with Gasteiger partial charge in [-0.1, -0.05) is 0 Å². The second-order valence-corrected chi connectivity index (χ2v) is 3.04. The number of aliphatic hydroxyl groups excluding tert-OH is 1. The quantitative estimate of drug-likeness (QED) is 0.800. The maximum atomic E-state index is 8.94. The standard InChI is InChI=1S/C7H9BrO2/c1-5(9)4-6-2-3-7(8)10-6/h2-3,5,9H,4H2,1H3. The van der Waals surface area contributed by atoms with Crippen molar-refractivity contribution in [2.24, 2.45) is 0 Å². The van der Waals surface area contributed by atoms with Crippen molar-refractivity contribution >= 4 is 15.9 Å². The predicted octanol–water partition coefficient (Wildman–Crippen LogP) is 1.97. The van der Waals surface area contributed by atoms with Crippen LogP contribution < -0.4 is 0 Å². The van der Waals surface area contributed by atoms with Gasteiger partial charge in [-0.15, -0.1) is 0 Å². The van der Waals surface area contributed by atoms with Crippen LogP contribution in [-0.4, -0.2) is 11.2 Å². The van der Waals surface area contributed by atoms with Gasteiger partial charge in [0, 0.05) is 6.42 Å². The minimum Gasteiger partial charge on any atom is -0.454 e. The highest BCUT2D eigenvalue weighted by Gasteiger charge is 2.02. The summed E-state index contributed by atoms with van der Waals surface area (Å²) < 4.78 is 5.86. The van der Waals surface area contributed by atoms with E-state index < -0.39 is 0 Å². The van der Waals surface area contributed by atoms with Crippen molar-refractivity contribution in [3.8, 4) is 0 Å². The number of halogens is 1. The van der Waals surface area contributed by atoms with E-state index in [1.165, 1.54) is 0 Å². The van der Waals surface area contributed by atoms with Crippen LogP contribution in [0.25, 0.3) is 0 Å². The smallest absolute Gasteiger partial charge is 0.169 e. The van der Waals surface area contributed by atoms with Crippen LogP contribution >= 0.6 is 15.9 Å². The van der Waals surface area contributed by atoms with Crippen LogP contribution in [0.15, 0.2) is 21.2 Å². The molecule has 0 amide bonds. The number of hydrogen-bond acceptors (Lipinski definition) is 2. The molecule has 1 unspecified atom stereocenters. The molecule has 0 fully saturated rings. The molecule has 0 saturated heterocycles. The number of aliphatic hydroxyl groups is 1. The van der Waals surface area contributed by atoms with Gasteiger partial charge in [-0.25, -0.2) is 0 Å². The summed E-state index contributed by atoms with van der Waals surface area (Å²) in [5, 5.41) is 8.94. The molecule has 1 aromatic heterocycles.